The van der Waals surface area contributed by atoms with E-state index in [1.165, 1.54) is 6.07 Å². The van der Waals surface area contributed by atoms with Crippen LogP contribution in [0.5, 0.6) is 5.75 Å². The third-order valence-corrected chi connectivity index (χ3v) is 1.58. The van der Waals surface area contributed by atoms with Gasteiger partial charge in [0.1, 0.15) is 11.8 Å². The summed E-state index contributed by atoms with van der Waals surface area (Å²) in [4.78, 5) is 13.6. The Morgan fingerprint density at radius 1 is 1.60 bits per heavy atom. The topological polar surface area (TPSA) is 94.2 Å². The van der Waals surface area contributed by atoms with Crippen molar-refractivity contribution >= 4 is 5.97 Å². The summed E-state index contributed by atoms with van der Waals surface area (Å²) in [5, 5.41) is 26.0. The highest BCUT2D eigenvalue weighted by molar-refractivity contribution is 5.88. The predicted octanol–water partition coefficient (Wildman–Crippen LogP) is 1.29. The van der Waals surface area contributed by atoms with Gasteiger partial charge in [0.15, 0.2) is 11.4 Å². The predicted molar refractivity (Wildman–Crippen MR) is 42.5 cm³/mol. The number of rotatable bonds is 2. The number of pyridine rings is 1. The van der Waals surface area contributed by atoms with Gasteiger partial charge in [-0.15, -0.1) is 0 Å². The second kappa shape index (κ2) is 3.88. The van der Waals surface area contributed by atoms with Crippen molar-refractivity contribution in [3.05, 3.63) is 23.0 Å². The van der Waals surface area contributed by atoms with Crippen molar-refractivity contribution in [1.82, 2.24) is 4.98 Å². The van der Waals surface area contributed by atoms with E-state index < -0.39 is 35.1 Å². The van der Waals surface area contributed by atoms with Gasteiger partial charge in [-0.3, -0.25) is 0 Å². The van der Waals surface area contributed by atoms with E-state index in [0.717, 1.165) is 0 Å². The number of alkyl halides is 2. The molecular formula is C8H4F2N2O3. The summed E-state index contributed by atoms with van der Waals surface area (Å²) in [6.07, 6.45) is -3.00. The van der Waals surface area contributed by atoms with Crippen LogP contribution in [0.2, 0.25) is 0 Å². The van der Waals surface area contributed by atoms with E-state index in [1.54, 1.807) is 0 Å². The van der Waals surface area contributed by atoms with Crippen molar-refractivity contribution in [2.24, 2.45) is 0 Å². The van der Waals surface area contributed by atoms with Gasteiger partial charge in [-0.25, -0.2) is 18.6 Å². The minimum absolute atomic E-state index is 0.527. The van der Waals surface area contributed by atoms with Crippen LogP contribution in [-0.4, -0.2) is 21.2 Å². The smallest absolute Gasteiger partial charge is 0.358 e. The van der Waals surface area contributed by atoms with Crippen LogP contribution in [0.1, 0.15) is 28.2 Å². The standard InChI is InChI=1S/C8H4F2N2O3/c9-7(10)3-1-5(13)6(8(14)15)12-4(3)2-11/h1,7,13H,(H,14,15). The molecule has 0 amide bonds. The summed E-state index contributed by atoms with van der Waals surface area (Å²) in [6.45, 7) is 0. The second-order valence-corrected chi connectivity index (χ2v) is 2.51. The van der Waals surface area contributed by atoms with Crippen LogP contribution in [0.4, 0.5) is 8.78 Å². The molecule has 7 heteroatoms. The van der Waals surface area contributed by atoms with Crippen molar-refractivity contribution in [2.45, 2.75) is 6.43 Å². The monoisotopic (exact) mass is 214 g/mol. The maximum Gasteiger partial charge on any atom is 0.358 e. The summed E-state index contributed by atoms with van der Waals surface area (Å²) in [5.41, 5.74) is -2.32. The minimum Gasteiger partial charge on any atom is -0.505 e. The average molecular weight is 214 g/mol. The lowest BCUT2D eigenvalue weighted by Crippen LogP contribution is -2.05. The summed E-state index contributed by atoms with van der Waals surface area (Å²) in [5.74, 6) is -2.48. The molecule has 0 spiro atoms. The quantitative estimate of drug-likeness (QED) is 0.773. The highest BCUT2D eigenvalue weighted by Crippen LogP contribution is 2.27. The zero-order chi connectivity index (χ0) is 11.6. The third kappa shape index (κ3) is 1.99. The molecule has 1 aromatic rings. The van der Waals surface area contributed by atoms with E-state index in [9.17, 15) is 13.6 Å². The number of aromatic hydroxyl groups is 1. The van der Waals surface area contributed by atoms with E-state index in [1.807, 2.05) is 0 Å². The van der Waals surface area contributed by atoms with E-state index >= 15 is 0 Å². The molecule has 78 valence electrons. The molecule has 15 heavy (non-hydrogen) atoms. The molecule has 0 saturated heterocycles. The molecule has 0 atom stereocenters. The molecule has 1 heterocycles. The Kier molecular flexibility index (Phi) is 2.80. The summed E-state index contributed by atoms with van der Waals surface area (Å²) < 4.78 is 24.6. The summed E-state index contributed by atoms with van der Waals surface area (Å²) in [6, 6.07) is 1.86. The van der Waals surface area contributed by atoms with Gasteiger partial charge in [-0.05, 0) is 6.07 Å². The van der Waals surface area contributed by atoms with Crippen molar-refractivity contribution in [3.8, 4) is 11.8 Å². The van der Waals surface area contributed by atoms with E-state index in [-0.39, 0.29) is 0 Å². The average Bonchev–Trinajstić information content (AvgIpc) is 2.16. The van der Waals surface area contributed by atoms with Gasteiger partial charge in [-0.2, -0.15) is 5.26 Å². The number of carbonyl (C=O) groups is 1. The Morgan fingerprint density at radius 2 is 2.20 bits per heavy atom. The van der Waals surface area contributed by atoms with Crippen LogP contribution in [0.3, 0.4) is 0 Å². The molecule has 0 aliphatic rings. The van der Waals surface area contributed by atoms with Crippen molar-refractivity contribution < 1.29 is 23.8 Å². The molecule has 0 bridgehead atoms. The first-order valence-corrected chi connectivity index (χ1v) is 3.62. The van der Waals surface area contributed by atoms with Gasteiger partial charge in [0.25, 0.3) is 6.43 Å². The SMILES string of the molecule is N#Cc1nc(C(=O)O)c(O)cc1C(F)F. The molecule has 1 rings (SSSR count). The Morgan fingerprint density at radius 3 is 2.60 bits per heavy atom. The summed E-state index contributed by atoms with van der Waals surface area (Å²) in [7, 11) is 0. The molecule has 1 aromatic heterocycles. The van der Waals surface area contributed by atoms with Crippen LogP contribution < -0.4 is 0 Å². The second-order valence-electron chi connectivity index (χ2n) is 2.51. The maximum atomic E-state index is 12.3. The number of carboxylic acids is 1. The molecule has 0 unspecified atom stereocenters. The largest absolute Gasteiger partial charge is 0.505 e. The third-order valence-electron chi connectivity index (χ3n) is 1.58. The fraction of sp³-hybridized carbons (Fsp3) is 0.125. The Labute approximate surface area is 82.2 Å². The van der Waals surface area contributed by atoms with Crippen LogP contribution in [-0.2, 0) is 0 Å². The molecule has 0 aliphatic carbocycles. The molecule has 5 nitrogen and oxygen atoms in total. The zero-order valence-electron chi connectivity index (χ0n) is 7.11. The van der Waals surface area contributed by atoms with Crippen LogP contribution in [0.25, 0.3) is 0 Å². The number of hydrogen-bond acceptors (Lipinski definition) is 4. The highest BCUT2D eigenvalue weighted by Gasteiger charge is 2.21. The molecule has 0 fully saturated rings. The lowest BCUT2D eigenvalue weighted by atomic mass is 10.1. The van der Waals surface area contributed by atoms with Gasteiger partial charge < -0.3 is 10.2 Å². The lowest BCUT2D eigenvalue weighted by molar-refractivity contribution is 0.0686. The van der Waals surface area contributed by atoms with Crippen LogP contribution in [0, 0.1) is 11.3 Å². The van der Waals surface area contributed by atoms with Crippen molar-refractivity contribution in [2.75, 3.05) is 0 Å². The fourth-order valence-electron chi connectivity index (χ4n) is 0.931. The number of hydrogen-bond donors (Lipinski definition) is 2. The molecule has 0 aliphatic heterocycles. The molecule has 0 aromatic carbocycles. The van der Waals surface area contributed by atoms with Gasteiger partial charge in [0, 0.05) is 0 Å². The highest BCUT2D eigenvalue weighted by atomic mass is 19.3. The number of nitriles is 1. The Bertz CT molecular complexity index is 454. The normalized spacial score (nSPS) is 10.0. The maximum absolute atomic E-state index is 12.3. The molecule has 0 saturated carbocycles. The van der Waals surface area contributed by atoms with Crippen LogP contribution >= 0.6 is 0 Å². The number of aromatic nitrogens is 1. The Balaban J connectivity index is 3.44. The van der Waals surface area contributed by atoms with Gasteiger partial charge in [0.2, 0.25) is 0 Å². The van der Waals surface area contributed by atoms with E-state index in [4.69, 9.17) is 15.5 Å². The van der Waals surface area contributed by atoms with Gasteiger partial charge in [0.05, 0.1) is 5.56 Å². The Hall–Kier alpha value is -2.23. The number of carboxylic acid groups (broad SMARTS) is 1. The van der Waals surface area contributed by atoms with E-state index in [2.05, 4.69) is 4.98 Å². The molecular weight excluding hydrogens is 210 g/mol. The first-order valence-electron chi connectivity index (χ1n) is 3.62. The first kappa shape index (κ1) is 10.8. The number of aromatic carboxylic acids is 1. The van der Waals surface area contributed by atoms with Crippen molar-refractivity contribution in [1.29, 1.82) is 5.26 Å². The minimum atomic E-state index is -3.00. The van der Waals surface area contributed by atoms with E-state index in [0.29, 0.717) is 6.07 Å². The van der Waals surface area contributed by atoms with Gasteiger partial charge in [-0.1, -0.05) is 0 Å². The molecule has 0 radical (unpaired) electrons. The molecule has 2 N–H and O–H groups in total. The first-order chi connectivity index (χ1) is 6.97. The van der Waals surface area contributed by atoms with Gasteiger partial charge >= 0.3 is 5.97 Å². The number of halogens is 2. The lowest BCUT2D eigenvalue weighted by Gasteiger charge is -2.04. The van der Waals surface area contributed by atoms with Crippen LogP contribution in [0.15, 0.2) is 6.07 Å². The summed E-state index contributed by atoms with van der Waals surface area (Å²) >= 11 is 0. The number of nitrogens with zero attached hydrogens (tertiary/aromatic N) is 2. The zero-order valence-corrected chi connectivity index (χ0v) is 7.11. The fourth-order valence-corrected chi connectivity index (χ4v) is 0.931. The van der Waals surface area contributed by atoms with Crippen molar-refractivity contribution in [3.63, 3.8) is 0 Å².